The Morgan fingerprint density at radius 1 is 1.25 bits per heavy atom. The monoisotopic (exact) mass is 347 g/mol. The largest absolute Gasteiger partial charge is 0.494 e. The van der Waals surface area contributed by atoms with E-state index in [1.54, 1.807) is 25.6 Å². The number of nitrogen functional groups attached to an aromatic ring is 1. The number of para-hydroxylation sites is 1. The normalized spacial score (nSPS) is 17.4. The fourth-order valence-corrected chi connectivity index (χ4v) is 4.58. The average Bonchev–Trinajstić information content (AvgIpc) is 2.58. The lowest BCUT2D eigenvalue weighted by Gasteiger charge is -2.24. The fourth-order valence-electron chi connectivity index (χ4n) is 2.56. The van der Waals surface area contributed by atoms with Crippen molar-refractivity contribution in [1.82, 2.24) is 14.9 Å². The molecule has 1 aliphatic heterocycles. The first kappa shape index (κ1) is 16.7. The van der Waals surface area contributed by atoms with Crippen LogP contribution in [0.3, 0.4) is 0 Å². The lowest BCUT2D eigenvalue weighted by atomic mass is 10.1. The van der Waals surface area contributed by atoms with Gasteiger partial charge in [0.1, 0.15) is 0 Å². The predicted molar refractivity (Wildman–Crippen MR) is 95.9 cm³/mol. The predicted octanol–water partition coefficient (Wildman–Crippen LogP) is 1.78. The van der Waals surface area contributed by atoms with Gasteiger partial charge in [-0.25, -0.2) is 9.19 Å². The molecule has 2 heterocycles. The van der Waals surface area contributed by atoms with Gasteiger partial charge >= 0.3 is 0 Å². The maximum absolute atomic E-state index is 12.7. The van der Waals surface area contributed by atoms with Crippen LogP contribution in [0.15, 0.2) is 35.0 Å². The fraction of sp³-hybridized carbons (Fsp3) is 0.375. The molecule has 0 aliphatic carbocycles. The molecule has 0 radical (unpaired) electrons. The first-order chi connectivity index (χ1) is 11.5. The molecule has 1 saturated heterocycles. The zero-order chi connectivity index (χ0) is 17.2. The van der Waals surface area contributed by atoms with E-state index in [-0.39, 0.29) is 0 Å². The van der Waals surface area contributed by atoms with Crippen LogP contribution >= 0.6 is 0 Å². The quantitative estimate of drug-likeness (QED) is 0.851. The third-order valence-corrected chi connectivity index (χ3v) is 6.17. The molecule has 1 aliphatic rings. The summed E-state index contributed by atoms with van der Waals surface area (Å²) in [6.45, 7) is 1.57. The Morgan fingerprint density at radius 3 is 2.62 bits per heavy atom. The molecule has 2 N–H and O–H groups in total. The summed E-state index contributed by atoms with van der Waals surface area (Å²) in [5.41, 5.74) is 7.86. The minimum atomic E-state index is -2.24. The second-order valence-electron chi connectivity index (χ2n) is 5.76. The molecule has 7 nitrogen and oxygen atoms in total. The number of nitrogens with two attached hydrogens (primary N) is 1. The lowest BCUT2D eigenvalue weighted by Crippen LogP contribution is -2.37. The molecule has 0 bridgehead atoms. The van der Waals surface area contributed by atoms with Crippen molar-refractivity contribution in [2.24, 2.45) is 4.36 Å². The van der Waals surface area contributed by atoms with Gasteiger partial charge in [0.15, 0.2) is 11.6 Å². The van der Waals surface area contributed by atoms with Gasteiger partial charge in [-0.3, -0.25) is 4.98 Å². The Balaban J connectivity index is 1.89. The summed E-state index contributed by atoms with van der Waals surface area (Å²) >= 11 is 0. The molecule has 3 rings (SSSR count). The zero-order valence-electron chi connectivity index (χ0n) is 13.8. The molecule has 8 heteroatoms. The molecule has 1 aromatic heterocycles. The highest BCUT2D eigenvalue weighted by molar-refractivity contribution is 7.93. The van der Waals surface area contributed by atoms with Crippen LogP contribution in [0, 0.1) is 0 Å². The van der Waals surface area contributed by atoms with Gasteiger partial charge < -0.3 is 15.4 Å². The number of hydrogen-bond donors (Lipinski definition) is 1. The molecule has 0 atom stereocenters. The van der Waals surface area contributed by atoms with Gasteiger partial charge in [0.25, 0.3) is 0 Å². The Bertz CT molecular complexity index is 830. The lowest BCUT2D eigenvalue weighted by molar-refractivity contribution is 0.366. The number of aromatic nitrogens is 2. The Hall–Kier alpha value is -2.19. The third kappa shape index (κ3) is 3.49. The molecule has 128 valence electrons. The van der Waals surface area contributed by atoms with Gasteiger partial charge in [-0.15, -0.1) is 0 Å². The molecule has 0 spiro atoms. The summed E-state index contributed by atoms with van der Waals surface area (Å²) in [5, 5.41) is 0. The van der Waals surface area contributed by atoms with Crippen molar-refractivity contribution >= 4 is 21.2 Å². The van der Waals surface area contributed by atoms with Crippen LogP contribution in [0.25, 0.3) is 11.3 Å². The minimum absolute atomic E-state index is 0.399. The van der Waals surface area contributed by atoms with Gasteiger partial charge in [-0.05, 0) is 19.2 Å². The number of nitrogens with zero attached hydrogens (tertiary/aromatic N) is 4. The Morgan fingerprint density at radius 2 is 2.00 bits per heavy atom. The minimum Gasteiger partial charge on any atom is -0.494 e. The number of anilines is 1. The van der Waals surface area contributed by atoms with Crippen molar-refractivity contribution in [3.05, 3.63) is 30.6 Å². The van der Waals surface area contributed by atoms with Crippen LogP contribution in [0.2, 0.25) is 0 Å². The molecular weight excluding hydrogens is 326 g/mol. The van der Waals surface area contributed by atoms with E-state index in [0.29, 0.717) is 34.5 Å². The van der Waals surface area contributed by atoms with Crippen LogP contribution in [0.1, 0.15) is 0 Å². The topological polar surface area (TPSA) is 93.7 Å². The molecule has 0 amide bonds. The Labute approximate surface area is 142 Å². The highest BCUT2D eigenvalue weighted by Crippen LogP contribution is 2.33. The maximum Gasteiger partial charge on any atom is 0.180 e. The van der Waals surface area contributed by atoms with E-state index in [2.05, 4.69) is 19.2 Å². The van der Waals surface area contributed by atoms with E-state index >= 15 is 0 Å². The highest BCUT2D eigenvalue weighted by atomic mass is 32.2. The molecular formula is C16H21N5O2S. The summed E-state index contributed by atoms with van der Waals surface area (Å²) in [5.74, 6) is 2.10. The van der Waals surface area contributed by atoms with Gasteiger partial charge in [0, 0.05) is 30.2 Å². The van der Waals surface area contributed by atoms with Gasteiger partial charge in [-0.1, -0.05) is 6.07 Å². The van der Waals surface area contributed by atoms with E-state index in [4.69, 9.17) is 10.5 Å². The zero-order valence-corrected chi connectivity index (χ0v) is 14.6. The third-order valence-electron chi connectivity index (χ3n) is 4.01. The van der Waals surface area contributed by atoms with Crippen molar-refractivity contribution in [3.63, 3.8) is 0 Å². The number of rotatable bonds is 3. The van der Waals surface area contributed by atoms with Gasteiger partial charge in [-0.2, -0.15) is 4.36 Å². The molecule has 24 heavy (non-hydrogen) atoms. The second kappa shape index (κ2) is 6.74. The number of benzene rings is 1. The molecule has 1 aromatic carbocycles. The van der Waals surface area contributed by atoms with Crippen molar-refractivity contribution in [1.29, 1.82) is 0 Å². The van der Waals surface area contributed by atoms with E-state index in [0.717, 1.165) is 18.7 Å². The van der Waals surface area contributed by atoms with Crippen molar-refractivity contribution in [3.8, 4) is 17.0 Å². The standard InChI is InChI=1S/C16H21N5O2S/c1-21-6-8-24(22,9-7-21)20-15-11-18-14(10-19-15)12-4-3-5-13(17)16(12)23-2/h3-5,10-11H,6-9,17H2,1-2H3. The first-order valence-corrected chi connectivity index (χ1v) is 9.52. The van der Waals surface area contributed by atoms with Crippen LogP contribution in [-0.2, 0) is 9.73 Å². The summed E-state index contributed by atoms with van der Waals surface area (Å²) < 4.78 is 22.4. The van der Waals surface area contributed by atoms with Crippen molar-refractivity contribution in [2.45, 2.75) is 0 Å². The first-order valence-electron chi connectivity index (χ1n) is 7.67. The highest BCUT2D eigenvalue weighted by Gasteiger charge is 2.18. The summed E-state index contributed by atoms with van der Waals surface area (Å²) in [6.07, 6.45) is 3.15. The van der Waals surface area contributed by atoms with E-state index in [1.165, 1.54) is 0 Å². The summed E-state index contributed by atoms with van der Waals surface area (Å²) in [7, 11) is 1.35. The maximum atomic E-state index is 12.7. The second-order valence-corrected chi connectivity index (χ2v) is 8.31. The van der Waals surface area contributed by atoms with Crippen LogP contribution in [-0.4, -0.2) is 57.8 Å². The number of hydrogen-bond acceptors (Lipinski definition) is 7. The van der Waals surface area contributed by atoms with E-state index < -0.39 is 9.73 Å². The van der Waals surface area contributed by atoms with Crippen LogP contribution in [0.4, 0.5) is 11.5 Å². The smallest absolute Gasteiger partial charge is 0.180 e. The van der Waals surface area contributed by atoms with E-state index in [1.807, 2.05) is 19.2 Å². The van der Waals surface area contributed by atoms with Crippen molar-refractivity contribution < 1.29 is 8.95 Å². The van der Waals surface area contributed by atoms with Crippen LogP contribution < -0.4 is 10.5 Å². The molecule has 0 saturated carbocycles. The van der Waals surface area contributed by atoms with E-state index in [9.17, 15) is 4.21 Å². The Kier molecular flexibility index (Phi) is 4.68. The molecule has 1 fully saturated rings. The molecule has 2 aromatic rings. The average molecular weight is 347 g/mol. The molecule has 0 unspecified atom stereocenters. The number of methoxy groups -OCH3 is 1. The summed E-state index contributed by atoms with van der Waals surface area (Å²) in [4.78, 5) is 10.8. The van der Waals surface area contributed by atoms with Crippen molar-refractivity contribution in [2.75, 3.05) is 44.5 Å². The SMILES string of the molecule is COc1c(N)cccc1-c1cnc(N=S2(=O)CCN(C)CC2)cn1. The van der Waals surface area contributed by atoms with Gasteiger partial charge in [0.05, 0.1) is 40.6 Å². The van der Waals surface area contributed by atoms with Crippen LogP contribution in [0.5, 0.6) is 5.75 Å². The van der Waals surface area contributed by atoms with Gasteiger partial charge in [0.2, 0.25) is 0 Å². The number of ether oxygens (including phenoxy) is 1. The summed E-state index contributed by atoms with van der Waals surface area (Å²) in [6, 6.07) is 5.47.